The van der Waals surface area contributed by atoms with E-state index in [2.05, 4.69) is 35.6 Å². The van der Waals surface area contributed by atoms with Gasteiger partial charge in [0.15, 0.2) is 0 Å². The van der Waals surface area contributed by atoms with Crippen LogP contribution in [0.3, 0.4) is 0 Å². The normalized spacial score (nSPS) is 12.6. The Hall–Kier alpha value is -1.16. The molecule has 0 aliphatic heterocycles. The lowest BCUT2D eigenvalue weighted by Crippen LogP contribution is -2.34. The SMILES string of the molecule is CCC(C)N(CC)c1nc(C)cc(CN)n1. The number of aromatic nitrogens is 2. The van der Waals surface area contributed by atoms with E-state index in [1.54, 1.807) is 0 Å². The predicted octanol–water partition coefficient (Wildman–Crippen LogP) is 1.87. The molecule has 0 aliphatic carbocycles. The molecule has 0 saturated heterocycles. The molecule has 0 aliphatic rings. The number of aryl methyl sites for hydroxylation is 1. The maximum atomic E-state index is 5.63. The van der Waals surface area contributed by atoms with Gasteiger partial charge in [-0.3, -0.25) is 0 Å². The summed E-state index contributed by atoms with van der Waals surface area (Å²) in [7, 11) is 0. The molecule has 4 heteroatoms. The Kier molecular flexibility index (Phi) is 4.68. The first kappa shape index (κ1) is 12.9. The fourth-order valence-electron chi connectivity index (χ4n) is 1.72. The van der Waals surface area contributed by atoms with Gasteiger partial charge in [0, 0.05) is 24.8 Å². The molecule has 4 nitrogen and oxygen atoms in total. The fourth-order valence-corrected chi connectivity index (χ4v) is 1.72. The first-order valence-corrected chi connectivity index (χ1v) is 5.93. The summed E-state index contributed by atoms with van der Waals surface area (Å²) < 4.78 is 0. The third kappa shape index (κ3) is 2.92. The summed E-state index contributed by atoms with van der Waals surface area (Å²) in [4.78, 5) is 11.2. The lowest BCUT2D eigenvalue weighted by molar-refractivity contribution is 0.612. The molecule has 1 rings (SSSR count). The van der Waals surface area contributed by atoms with E-state index >= 15 is 0 Å². The van der Waals surface area contributed by atoms with Crippen molar-refractivity contribution in [1.82, 2.24) is 9.97 Å². The Labute approximate surface area is 97.9 Å². The molecule has 1 heterocycles. The van der Waals surface area contributed by atoms with Gasteiger partial charge in [0.25, 0.3) is 0 Å². The molecule has 0 spiro atoms. The second-order valence-corrected chi connectivity index (χ2v) is 4.05. The van der Waals surface area contributed by atoms with Crippen molar-refractivity contribution in [3.8, 4) is 0 Å². The number of rotatable bonds is 5. The van der Waals surface area contributed by atoms with Crippen molar-refractivity contribution in [2.75, 3.05) is 11.4 Å². The van der Waals surface area contributed by atoms with Gasteiger partial charge in [-0.05, 0) is 33.3 Å². The molecule has 1 aromatic heterocycles. The van der Waals surface area contributed by atoms with Gasteiger partial charge in [-0.1, -0.05) is 6.92 Å². The molecule has 1 atom stereocenters. The summed E-state index contributed by atoms with van der Waals surface area (Å²) in [5.74, 6) is 0.803. The zero-order valence-corrected chi connectivity index (χ0v) is 10.7. The van der Waals surface area contributed by atoms with E-state index in [4.69, 9.17) is 5.73 Å². The van der Waals surface area contributed by atoms with E-state index in [9.17, 15) is 0 Å². The largest absolute Gasteiger partial charge is 0.338 e. The van der Waals surface area contributed by atoms with Crippen LogP contribution in [0.2, 0.25) is 0 Å². The van der Waals surface area contributed by atoms with Gasteiger partial charge >= 0.3 is 0 Å². The average Bonchev–Trinajstić information content (AvgIpc) is 2.29. The van der Waals surface area contributed by atoms with Gasteiger partial charge in [-0.15, -0.1) is 0 Å². The van der Waals surface area contributed by atoms with Crippen LogP contribution < -0.4 is 10.6 Å². The van der Waals surface area contributed by atoms with Crippen LogP contribution in [0.25, 0.3) is 0 Å². The highest BCUT2D eigenvalue weighted by Crippen LogP contribution is 2.14. The molecular formula is C12H22N4. The predicted molar refractivity (Wildman–Crippen MR) is 67.4 cm³/mol. The van der Waals surface area contributed by atoms with Crippen molar-refractivity contribution >= 4 is 5.95 Å². The minimum absolute atomic E-state index is 0.456. The zero-order chi connectivity index (χ0) is 12.1. The summed E-state index contributed by atoms with van der Waals surface area (Å²) >= 11 is 0. The molecule has 0 bridgehead atoms. The minimum Gasteiger partial charge on any atom is -0.338 e. The number of hydrogen-bond donors (Lipinski definition) is 1. The topological polar surface area (TPSA) is 55.0 Å². The fraction of sp³-hybridized carbons (Fsp3) is 0.667. The first-order chi connectivity index (χ1) is 7.62. The van der Waals surface area contributed by atoms with Gasteiger partial charge in [0.2, 0.25) is 5.95 Å². The smallest absolute Gasteiger partial charge is 0.226 e. The van der Waals surface area contributed by atoms with Crippen molar-refractivity contribution in [3.05, 3.63) is 17.5 Å². The number of nitrogens with two attached hydrogens (primary N) is 1. The van der Waals surface area contributed by atoms with Gasteiger partial charge in [0.05, 0.1) is 5.69 Å². The maximum absolute atomic E-state index is 5.63. The number of nitrogens with zero attached hydrogens (tertiary/aromatic N) is 3. The molecule has 0 radical (unpaired) electrons. The molecule has 2 N–H and O–H groups in total. The number of hydrogen-bond acceptors (Lipinski definition) is 4. The molecule has 0 amide bonds. The zero-order valence-electron chi connectivity index (χ0n) is 10.7. The quantitative estimate of drug-likeness (QED) is 0.826. The monoisotopic (exact) mass is 222 g/mol. The highest BCUT2D eigenvalue weighted by Gasteiger charge is 2.14. The molecule has 0 saturated carbocycles. The Morgan fingerprint density at radius 2 is 2.06 bits per heavy atom. The van der Waals surface area contributed by atoms with E-state index in [0.29, 0.717) is 12.6 Å². The Balaban J connectivity index is 3.04. The molecule has 16 heavy (non-hydrogen) atoms. The van der Waals surface area contributed by atoms with E-state index in [1.165, 1.54) is 0 Å². The standard InChI is InChI=1S/C12H22N4/c1-5-10(4)16(6-2)12-14-9(3)7-11(8-13)15-12/h7,10H,5-6,8,13H2,1-4H3. The second kappa shape index (κ2) is 5.80. The van der Waals surface area contributed by atoms with E-state index in [1.807, 2.05) is 13.0 Å². The average molecular weight is 222 g/mol. The van der Waals surface area contributed by atoms with Crippen LogP contribution in [-0.4, -0.2) is 22.6 Å². The highest BCUT2D eigenvalue weighted by atomic mass is 15.3. The highest BCUT2D eigenvalue weighted by molar-refractivity contribution is 5.33. The van der Waals surface area contributed by atoms with Crippen LogP contribution >= 0.6 is 0 Å². The summed E-state index contributed by atoms with van der Waals surface area (Å²) in [6.45, 7) is 9.86. The van der Waals surface area contributed by atoms with E-state index in [0.717, 1.165) is 30.3 Å². The molecular weight excluding hydrogens is 200 g/mol. The second-order valence-electron chi connectivity index (χ2n) is 4.05. The van der Waals surface area contributed by atoms with Crippen molar-refractivity contribution < 1.29 is 0 Å². The van der Waals surface area contributed by atoms with Crippen molar-refractivity contribution in [2.24, 2.45) is 5.73 Å². The van der Waals surface area contributed by atoms with E-state index < -0.39 is 0 Å². The summed E-state index contributed by atoms with van der Waals surface area (Å²) in [5.41, 5.74) is 7.51. The Morgan fingerprint density at radius 1 is 1.38 bits per heavy atom. The molecule has 0 aromatic carbocycles. The van der Waals surface area contributed by atoms with Gasteiger partial charge in [0.1, 0.15) is 0 Å². The van der Waals surface area contributed by atoms with Crippen LogP contribution in [0.1, 0.15) is 38.6 Å². The molecule has 1 unspecified atom stereocenters. The Morgan fingerprint density at radius 3 is 2.56 bits per heavy atom. The van der Waals surface area contributed by atoms with Gasteiger partial charge < -0.3 is 10.6 Å². The minimum atomic E-state index is 0.456. The molecule has 90 valence electrons. The van der Waals surface area contributed by atoms with Gasteiger partial charge in [-0.2, -0.15) is 0 Å². The third-order valence-corrected chi connectivity index (χ3v) is 2.83. The third-order valence-electron chi connectivity index (χ3n) is 2.83. The van der Waals surface area contributed by atoms with Crippen LogP contribution in [0.4, 0.5) is 5.95 Å². The van der Waals surface area contributed by atoms with Crippen molar-refractivity contribution in [1.29, 1.82) is 0 Å². The summed E-state index contributed by atoms with van der Waals surface area (Å²) in [5, 5.41) is 0. The summed E-state index contributed by atoms with van der Waals surface area (Å²) in [6, 6.07) is 2.39. The lowest BCUT2D eigenvalue weighted by Gasteiger charge is -2.27. The number of anilines is 1. The van der Waals surface area contributed by atoms with E-state index in [-0.39, 0.29) is 0 Å². The first-order valence-electron chi connectivity index (χ1n) is 5.93. The van der Waals surface area contributed by atoms with Gasteiger partial charge in [-0.25, -0.2) is 9.97 Å². The Bertz CT molecular complexity index is 338. The molecule has 1 aromatic rings. The van der Waals surface area contributed by atoms with Crippen LogP contribution in [-0.2, 0) is 6.54 Å². The van der Waals surface area contributed by atoms with Crippen LogP contribution in [0, 0.1) is 6.92 Å². The summed E-state index contributed by atoms with van der Waals surface area (Å²) in [6.07, 6.45) is 1.09. The van der Waals surface area contributed by atoms with Crippen molar-refractivity contribution in [2.45, 2.75) is 46.7 Å². The molecule has 0 fully saturated rings. The lowest BCUT2D eigenvalue weighted by atomic mass is 10.2. The van der Waals surface area contributed by atoms with Crippen molar-refractivity contribution in [3.63, 3.8) is 0 Å². The van der Waals surface area contributed by atoms with Crippen LogP contribution in [0.15, 0.2) is 6.07 Å². The maximum Gasteiger partial charge on any atom is 0.226 e. The van der Waals surface area contributed by atoms with Crippen LogP contribution in [0.5, 0.6) is 0 Å².